The highest BCUT2D eigenvalue weighted by atomic mass is 32.2. The molecule has 0 N–H and O–H groups in total. The Kier molecular flexibility index (Phi) is 6.55. The SMILES string of the molecule is CCn1c(SCc2ccc([N+](=O)[O-])cc2)nnc1C1CCCN1C(=O)c1ccccc1C. The molecule has 166 valence electrons. The third kappa shape index (κ3) is 4.38. The number of likely N-dealkylation sites (tertiary alicyclic amines) is 1. The predicted molar refractivity (Wildman–Crippen MR) is 123 cm³/mol. The number of amides is 1. The molecule has 0 spiro atoms. The Bertz CT molecular complexity index is 1130. The Hall–Kier alpha value is -3.20. The zero-order valence-corrected chi connectivity index (χ0v) is 18.9. The molecule has 8 nitrogen and oxygen atoms in total. The fourth-order valence-electron chi connectivity index (χ4n) is 4.06. The number of nitro groups is 1. The van der Waals surface area contributed by atoms with Crippen molar-refractivity contribution in [2.75, 3.05) is 6.54 Å². The fraction of sp³-hybridized carbons (Fsp3) is 0.348. The van der Waals surface area contributed by atoms with Crippen molar-refractivity contribution < 1.29 is 9.72 Å². The topological polar surface area (TPSA) is 94.2 Å². The molecule has 1 aliphatic heterocycles. The quantitative estimate of drug-likeness (QED) is 0.291. The third-order valence-corrected chi connectivity index (χ3v) is 6.80. The largest absolute Gasteiger partial charge is 0.328 e. The lowest BCUT2D eigenvalue weighted by Gasteiger charge is -2.25. The van der Waals surface area contributed by atoms with Gasteiger partial charge in [0.1, 0.15) is 0 Å². The Labute approximate surface area is 190 Å². The normalized spacial score (nSPS) is 15.8. The van der Waals surface area contributed by atoms with Gasteiger partial charge in [-0.15, -0.1) is 10.2 Å². The van der Waals surface area contributed by atoms with Crippen molar-refractivity contribution in [1.29, 1.82) is 0 Å². The smallest absolute Gasteiger partial charge is 0.269 e. The van der Waals surface area contributed by atoms with Gasteiger partial charge in [-0.2, -0.15) is 0 Å². The summed E-state index contributed by atoms with van der Waals surface area (Å²) in [6.07, 6.45) is 1.80. The molecule has 2 aromatic carbocycles. The summed E-state index contributed by atoms with van der Waals surface area (Å²) in [6.45, 7) is 5.42. The van der Waals surface area contributed by atoms with E-state index in [-0.39, 0.29) is 17.6 Å². The first-order valence-corrected chi connectivity index (χ1v) is 11.6. The molecule has 1 aliphatic rings. The van der Waals surface area contributed by atoms with Crippen molar-refractivity contribution in [2.24, 2.45) is 0 Å². The second-order valence-electron chi connectivity index (χ2n) is 7.77. The van der Waals surface area contributed by atoms with Crippen molar-refractivity contribution in [3.8, 4) is 0 Å². The van der Waals surface area contributed by atoms with E-state index in [1.807, 2.05) is 43.0 Å². The summed E-state index contributed by atoms with van der Waals surface area (Å²) in [5.41, 5.74) is 2.76. The van der Waals surface area contributed by atoms with Crippen LogP contribution in [0.5, 0.6) is 0 Å². The molecular weight excluding hydrogens is 426 g/mol. The number of nitro benzene ring substituents is 1. The standard InChI is InChI=1S/C23H25N5O3S/c1-3-26-21(20-9-6-14-27(20)22(29)19-8-5-4-7-16(19)2)24-25-23(26)32-15-17-10-12-18(13-11-17)28(30)31/h4-5,7-8,10-13,20H,3,6,9,14-15H2,1-2H3. The molecule has 1 fully saturated rings. The van der Waals surface area contributed by atoms with Crippen molar-refractivity contribution in [3.63, 3.8) is 0 Å². The molecule has 32 heavy (non-hydrogen) atoms. The van der Waals surface area contributed by atoms with Crippen molar-refractivity contribution in [3.05, 3.63) is 81.2 Å². The zero-order chi connectivity index (χ0) is 22.7. The molecule has 2 heterocycles. The number of benzene rings is 2. The molecule has 1 aromatic heterocycles. The Balaban J connectivity index is 1.52. The molecule has 1 amide bonds. The number of aromatic nitrogens is 3. The molecule has 3 aromatic rings. The second-order valence-corrected chi connectivity index (χ2v) is 8.71. The van der Waals surface area contributed by atoms with Crippen molar-refractivity contribution in [2.45, 2.75) is 50.2 Å². The number of aryl methyl sites for hydroxylation is 1. The van der Waals surface area contributed by atoms with Crippen LogP contribution in [0.25, 0.3) is 0 Å². The summed E-state index contributed by atoms with van der Waals surface area (Å²) in [7, 11) is 0. The van der Waals surface area contributed by atoms with Crippen LogP contribution in [0.3, 0.4) is 0 Å². The summed E-state index contributed by atoms with van der Waals surface area (Å²) in [5.74, 6) is 1.49. The minimum Gasteiger partial charge on any atom is -0.328 e. The molecule has 1 saturated heterocycles. The van der Waals surface area contributed by atoms with E-state index < -0.39 is 4.92 Å². The van der Waals surface area contributed by atoms with Crippen LogP contribution < -0.4 is 0 Å². The lowest BCUT2D eigenvalue weighted by atomic mass is 10.1. The van der Waals surface area contributed by atoms with E-state index in [2.05, 4.69) is 14.8 Å². The number of non-ortho nitro benzene ring substituents is 1. The van der Waals surface area contributed by atoms with Crippen molar-refractivity contribution >= 4 is 23.4 Å². The Morgan fingerprint density at radius 1 is 1.19 bits per heavy atom. The molecule has 0 aliphatic carbocycles. The molecule has 1 unspecified atom stereocenters. The van der Waals surface area contributed by atoms with Gasteiger partial charge in [-0.05, 0) is 43.9 Å². The van der Waals surface area contributed by atoms with Gasteiger partial charge in [-0.1, -0.05) is 42.1 Å². The molecule has 0 bridgehead atoms. The lowest BCUT2D eigenvalue weighted by Crippen LogP contribution is -2.32. The molecule has 1 atom stereocenters. The van der Waals surface area contributed by atoms with Crippen LogP contribution in [0.1, 0.15) is 53.1 Å². The van der Waals surface area contributed by atoms with Crippen LogP contribution in [0.15, 0.2) is 53.7 Å². The van der Waals surface area contributed by atoms with E-state index in [9.17, 15) is 14.9 Å². The van der Waals surface area contributed by atoms with Crippen LogP contribution in [-0.4, -0.2) is 37.0 Å². The van der Waals surface area contributed by atoms with Crippen molar-refractivity contribution in [1.82, 2.24) is 19.7 Å². The molecule has 9 heteroatoms. The number of nitrogens with zero attached hydrogens (tertiary/aromatic N) is 5. The summed E-state index contributed by atoms with van der Waals surface area (Å²) >= 11 is 1.54. The minimum atomic E-state index is -0.400. The van der Waals surface area contributed by atoms with Gasteiger partial charge in [-0.25, -0.2) is 0 Å². The highest BCUT2D eigenvalue weighted by Gasteiger charge is 2.35. The average molecular weight is 452 g/mol. The summed E-state index contributed by atoms with van der Waals surface area (Å²) in [4.78, 5) is 25.6. The molecule has 4 rings (SSSR count). The van der Waals surface area contributed by atoms with E-state index in [0.29, 0.717) is 18.8 Å². The number of carbonyl (C=O) groups excluding carboxylic acids is 1. The highest BCUT2D eigenvalue weighted by molar-refractivity contribution is 7.98. The van der Waals surface area contributed by atoms with Gasteiger partial charge in [0.05, 0.1) is 11.0 Å². The van der Waals surface area contributed by atoms with Gasteiger partial charge in [0, 0.05) is 36.5 Å². The first-order chi connectivity index (χ1) is 15.5. The summed E-state index contributed by atoms with van der Waals surface area (Å²) in [5, 5.41) is 20.5. The van der Waals surface area contributed by atoms with Crippen LogP contribution in [0.4, 0.5) is 5.69 Å². The van der Waals surface area contributed by atoms with Gasteiger partial charge in [0.15, 0.2) is 11.0 Å². The molecular formula is C23H25N5O3S. The zero-order valence-electron chi connectivity index (χ0n) is 18.1. The number of rotatable bonds is 7. The van der Waals surface area contributed by atoms with Crippen LogP contribution in [0.2, 0.25) is 0 Å². The monoisotopic (exact) mass is 451 g/mol. The Morgan fingerprint density at radius 3 is 2.62 bits per heavy atom. The third-order valence-electron chi connectivity index (χ3n) is 5.76. The number of hydrogen-bond donors (Lipinski definition) is 0. The Morgan fingerprint density at radius 2 is 1.94 bits per heavy atom. The number of hydrogen-bond acceptors (Lipinski definition) is 6. The van der Waals surface area contributed by atoms with Crippen LogP contribution >= 0.6 is 11.8 Å². The number of thioether (sulfide) groups is 1. The van der Waals surface area contributed by atoms with Gasteiger partial charge in [0.2, 0.25) is 0 Å². The fourth-order valence-corrected chi connectivity index (χ4v) is 5.02. The maximum absolute atomic E-state index is 13.3. The minimum absolute atomic E-state index is 0.0383. The number of carbonyl (C=O) groups is 1. The maximum atomic E-state index is 13.3. The van der Waals surface area contributed by atoms with Crippen LogP contribution in [-0.2, 0) is 12.3 Å². The van der Waals surface area contributed by atoms with E-state index >= 15 is 0 Å². The van der Waals surface area contributed by atoms with Gasteiger partial charge in [0.25, 0.3) is 11.6 Å². The maximum Gasteiger partial charge on any atom is 0.269 e. The van der Waals surface area contributed by atoms with Gasteiger partial charge < -0.3 is 9.47 Å². The van der Waals surface area contributed by atoms with Gasteiger partial charge >= 0.3 is 0 Å². The molecule has 0 saturated carbocycles. The van der Waals surface area contributed by atoms with Crippen LogP contribution in [0, 0.1) is 17.0 Å². The van der Waals surface area contributed by atoms with E-state index in [1.165, 1.54) is 12.1 Å². The van der Waals surface area contributed by atoms with E-state index in [0.717, 1.165) is 40.5 Å². The van der Waals surface area contributed by atoms with Gasteiger partial charge in [-0.3, -0.25) is 14.9 Å². The average Bonchev–Trinajstić information content (AvgIpc) is 3.44. The van der Waals surface area contributed by atoms with E-state index in [4.69, 9.17) is 0 Å². The summed E-state index contributed by atoms with van der Waals surface area (Å²) < 4.78 is 2.07. The first-order valence-electron chi connectivity index (χ1n) is 10.7. The lowest BCUT2D eigenvalue weighted by molar-refractivity contribution is -0.384. The second kappa shape index (κ2) is 9.52. The first kappa shape index (κ1) is 22.0. The highest BCUT2D eigenvalue weighted by Crippen LogP contribution is 2.34. The van der Waals surface area contributed by atoms with E-state index in [1.54, 1.807) is 23.9 Å². The predicted octanol–water partition coefficient (Wildman–Crippen LogP) is 4.78. The summed E-state index contributed by atoms with van der Waals surface area (Å²) in [6, 6.07) is 14.1. The molecule has 0 radical (unpaired) electrons.